The summed E-state index contributed by atoms with van der Waals surface area (Å²) in [5.41, 5.74) is 55.0. The van der Waals surface area contributed by atoms with Crippen molar-refractivity contribution in [2.75, 3.05) is 91.0 Å². The first-order chi connectivity index (χ1) is 59.4. The fourth-order valence-corrected chi connectivity index (χ4v) is 19.4. The van der Waals surface area contributed by atoms with Crippen molar-refractivity contribution in [2.24, 2.45) is 28.7 Å². The summed E-state index contributed by atoms with van der Waals surface area (Å²) in [6.45, 7) is 9.57. The van der Waals surface area contributed by atoms with Crippen LogP contribution in [0, 0.1) is 0 Å². The van der Waals surface area contributed by atoms with Crippen molar-refractivity contribution in [2.45, 2.75) is 96.6 Å². The molecule has 3 saturated heterocycles. The van der Waals surface area contributed by atoms with Crippen molar-refractivity contribution in [3.63, 3.8) is 0 Å². The number of nitrogens with one attached hydrogen (secondary N) is 2. The van der Waals surface area contributed by atoms with Gasteiger partial charge in [0.2, 0.25) is 0 Å². The van der Waals surface area contributed by atoms with Gasteiger partial charge in [-0.05, 0) is 106 Å². The highest BCUT2D eigenvalue weighted by atomic mass is 35.5. The van der Waals surface area contributed by atoms with Gasteiger partial charge >= 0.3 is 0 Å². The zero-order valence-electron chi connectivity index (χ0n) is 66.7. The van der Waals surface area contributed by atoms with Gasteiger partial charge in [-0.25, -0.2) is 24.9 Å². The van der Waals surface area contributed by atoms with E-state index in [2.05, 4.69) is 67.0 Å². The van der Waals surface area contributed by atoms with Crippen molar-refractivity contribution in [3.8, 4) is 55.6 Å². The number of morpholine rings is 1. The molecule has 3 aliphatic heterocycles. The van der Waals surface area contributed by atoms with E-state index in [1.165, 1.54) is 57.8 Å². The van der Waals surface area contributed by atoms with Crippen LogP contribution in [0.5, 0.6) is 0 Å². The number of nitrogens with two attached hydrogens (primary N) is 5. The Bertz CT molecular complexity index is 6070. The number of fused-ring (bicyclic) bond motifs is 5. The zero-order valence-corrected chi connectivity index (χ0v) is 74.3. The van der Waals surface area contributed by atoms with Gasteiger partial charge in [-0.15, -0.1) is 0 Å². The second-order valence-electron chi connectivity index (χ2n) is 30.0. The van der Waals surface area contributed by atoms with Crippen LogP contribution in [0.3, 0.4) is 0 Å². The first-order valence-electron chi connectivity index (χ1n) is 40.5. The third-order valence-corrected chi connectivity index (χ3v) is 25.3. The van der Waals surface area contributed by atoms with Crippen molar-refractivity contribution in [1.82, 2.24) is 46.9 Å². The van der Waals surface area contributed by atoms with Crippen molar-refractivity contribution in [1.29, 1.82) is 0 Å². The fourth-order valence-electron chi connectivity index (χ4n) is 16.8. The molecule has 0 amide bonds. The highest BCUT2D eigenvalue weighted by Gasteiger charge is 2.29. The summed E-state index contributed by atoms with van der Waals surface area (Å²) in [4.78, 5) is 29.7. The van der Waals surface area contributed by atoms with Crippen LogP contribution in [0.1, 0.15) is 85.6 Å². The molecule has 4 aliphatic rings. The summed E-state index contributed by atoms with van der Waals surface area (Å²) in [5, 5.41) is 22.1. The Morgan fingerprint density at radius 2 is 0.615 bits per heavy atom. The molecule has 0 spiro atoms. The number of hydrogen-bond acceptors (Lipinski definition) is 17. The molecule has 0 bridgehead atoms. The number of aliphatic hydroxyl groups is 1. The minimum atomic E-state index is 0.0167. The third-order valence-electron chi connectivity index (χ3n) is 22.5. The Morgan fingerprint density at radius 3 is 0.926 bits per heavy atom. The molecule has 0 unspecified atom stereocenters. The molecular formula is C90H92Cl10N20O2. The van der Waals surface area contributed by atoms with E-state index in [0.29, 0.717) is 109 Å². The van der Waals surface area contributed by atoms with Gasteiger partial charge in [-0.3, -0.25) is 0 Å². The summed E-state index contributed by atoms with van der Waals surface area (Å²) in [7, 11) is 0. The largest absolute Gasteiger partial charge is 0.395 e. The van der Waals surface area contributed by atoms with Crippen molar-refractivity contribution in [3.05, 3.63) is 262 Å². The normalized spacial score (nSPS) is 14.3. The molecule has 19 rings (SSSR count). The first kappa shape index (κ1) is 88.0. The predicted octanol–water partition coefficient (Wildman–Crippen LogP) is 21.0. The number of imidazole rings is 5. The minimum absolute atomic E-state index is 0.0167. The van der Waals surface area contributed by atoms with Gasteiger partial charge < -0.3 is 85.8 Å². The molecule has 13 N–H and O–H groups in total. The average Bonchev–Trinajstić information content (AvgIpc) is 1.38. The van der Waals surface area contributed by atoms with Crippen LogP contribution in [0.4, 0.5) is 28.4 Å². The van der Waals surface area contributed by atoms with Crippen LogP contribution in [-0.4, -0.2) is 124 Å². The van der Waals surface area contributed by atoms with Gasteiger partial charge in [0.25, 0.3) is 0 Å². The van der Waals surface area contributed by atoms with Crippen LogP contribution in [0.2, 0.25) is 50.2 Å². The molecular weight excluding hydrogens is 1750 g/mol. The topological polar surface area (TPSA) is 280 Å². The van der Waals surface area contributed by atoms with E-state index in [1.807, 2.05) is 140 Å². The van der Waals surface area contributed by atoms with E-state index in [4.69, 9.17) is 155 Å². The lowest BCUT2D eigenvalue weighted by Gasteiger charge is -2.31. The highest BCUT2D eigenvalue weighted by molar-refractivity contribution is 6.39. The molecule has 13 heterocycles. The van der Waals surface area contributed by atoms with E-state index >= 15 is 0 Å². The zero-order chi connectivity index (χ0) is 85.2. The quantitative estimate of drug-likeness (QED) is 0.0396. The molecule has 32 heteroatoms. The van der Waals surface area contributed by atoms with Gasteiger partial charge in [-0.1, -0.05) is 159 Å². The average molecular weight is 1840 g/mol. The number of rotatable bonds is 18. The molecule has 0 radical (unpaired) electrons. The number of aromatic nitrogens is 10. The Kier molecular flexibility index (Phi) is 29.2. The standard InChI is InChI=1S/2C19H20Cl2N4.C18H18Cl2N4O.C18H18Cl2N4.C16H16Cl2N4O/c20-13-4-5-14(17(21)10-13)16-12-25-9-6-23-19(25)18(15(16)11-22)24-7-2-1-3-8-24;20-12-5-6-14(17(21)9-12)16-11-25-8-7-23-19(25)18(15(16)10-22)24-13-3-1-2-4-13;19-12-1-2-13(16(20)9-12)15-11-24-4-3-22-18(24)17(14(15)10-21)23-5-7-25-8-6-23;19-12-3-4-13(16(20)9-12)15-11-24-8-5-22-18(24)17(14(15)10-21)23-6-1-2-7-23;17-10-1-2-11(14(18)7-10)13-9-22-5-3-21-16(22)15(12(13)8-19)20-4-6-23/h4-6,9-10,12H,1-3,7-8,11,22H2;5-9,11,13,24H,1-4,10,22H2;1-4,9,11H,5-8,10,21H2;3-5,8-9,11H,1-2,6-7,10,21H2;1-3,5,7,9,20,23H,4,6,8,19H2. The van der Waals surface area contributed by atoms with E-state index in [1.54, 1.807) is 48.8 Å². The number of hydrogen-bond donors (Lipinski definition) is 8. The molecule has 4 fully saturated rings. The maximum atomic E-state index is 9.12. The lowest BCUT2D eigenvalue weighted by molar-refractivity contribution is 0.122. The summed E-state index contributed by atoms with van der Waals surface area (Å²) in [5.74, 6) is 0. The number of benzene rings is 5. The summed E-state index contributed by atoms with van der Waals surface area (Å²) < 4.78 is 15.6. The number of ether oxygens (including phenoxy) is 1. The number of pyridine rings is 5. The van der Waals surface area contributed by atoms with E-state index in [0.717, 1.165) is 179 Å². The molecule has 1 aliphatic carbocycles. The molecule has 1 saturated carbocycles. The Labute approximate surface area is 757 Å². The molecule has 634 valence electrons. The second kappa shape index (κ2) is 40.4. The Hall–Kier alpha value is -8.83. The monoisotopic (exact) mass is 1830 g/mol. The number of piperidine rings is 1. The van der Waals surface area contributed by atoms with Crippen LogP contribution in [0.25, 0.3) is 83.9 Å². The highest BCUT2D eigenvalue weighted by Crippen LogP contribution is 2.45. The summed E-state index contributed by atoms with van der Waals surface area (Å²) in [6.07, 6.45) is 39.7. The number of aliphatic hydroxyl groups excluding tert-OH is 1. The lowest BCUT2D eigenvalue weighted by atomic mass is 9.98. The fraction of sp³-hybridized carbons (Fsp3) is 0.278. The minimum Gasteiger partial charge on any atom is -0.395 e. The molecule has 0 atom stereocenters. The SMILES string of the molecule is NCc1c(-c2ccc(Cl)cc2Cl)cn2ccnc2c1N1CCCC1.NCc1c(-c2ccc(Cl)cc2Cl)cn2ccnc2c1N1CCCCC1.NCc1c(-c2ccc(Cl)cc2Cl)cn2ccnc2c1N1CCOCC1.NCc1c(-c2ccc(Cl)cc2Cl)cn2ccnc2c1NC1CCCC1.NCc1c(-c2ccc(Cl)cc2Cl)cn2ccnc2c1NCCO. The van der Waals surface area contributed by atoms with E-state index < -0.39 is 0 Å². The molecule has 15 aromatic rings. The Balaban J connectivity index is 0.000000118. The van der Waals surface area contributed by atoms with Gasteiger partial charge in [0.05, 0.1) is 48.3 Å². The first-order valence-corrected chi connectivity index (χ1v) is 44.3. The smallest absolute Gasteiger partial charge is 0.160 e. The van der Waals surface area contributed by atoms with E-state index in [9.17, 15) is 0 Å². The van der Waals surface area contributed by atoms with Crippen LogP contribution < -0.4 is 54.0 Å². The molecule has 122 heavy (non-hydrogen) atoms. The molecule has 5 aromatic carbocycles. The lowest BCUT2D eigenvalue weighted by Crippen LogP contribution is -2.37. The van der Waals surface area contributed by atoms with Gasteiger partial charge in [0.1, 0.15) is 0 Å². The van der Waals surface area contributed by atoms with Crippen molar-refractivity contribution < 1.29 is 9.84 Å². The van der Waals surface area contributed by atoms with Crippen molar-refractivity contribution >= 4 is 173 Å². The van der Waals surface area contributed by atoms with Crippen LogP contribution >= 0.6 is 116 Å². The van der Waals surface area contributed by atoms with Gasteiger partial charge in [-0.2, -0.15) is 0 Å². The maximum Gasteiger partial charge on any atom is 0.160 e. The Morgan fingerprint density at radius 1 is 0.336 bits per heavy atom. The molecule has 10 aromatic heterocycles. The van der Waals surface area contributed by atoms with Gasteiger partial charge in [0.15, 0.2) is 28.2 Å². The van der Waals surface area contributed by atoms with E-state index in [-0.39, 0.29) is 6.61 Å². The predicted molar refractivity (Wildman–Crippen MR) is 505 cm³/mol. The van der Waals surface area contributed by atoms with Gasteiger partial charge in [0, 0.05) is 311 Å². The van der Waals surface area contributed by atoms with Crippen LogP contribution in [0.15, 0.2) is 184 Å². The number of halogens is 10. The second-order valence-corrected chi connectivity index (χ2v) is 34.2. The third kappa shape index (κ3) is 19.0. The maximum absolute atomic E-state index is 9.12. The number of nitrogens with zero attached hydrogens (tertiary/aromatic N) is 13. The van der Waals surface area contributed by atoms with Crippen LogP contribution in [-0.2, 0) is 37.5 Å². The summed E-state index contributed by atoms with van der Waals surface area (Å²) >= 11 is 62.5. The summed E-state index contributed by atoms with van der Waals surface area (Å²) in [6, 6.07) is 28.1. The number of anilines is 5. The molecule has 22 nitrogen and oxygen atoms in total.